The van der Waals surface area contributed by atoms with Gasteiger partial charge in [0.15, 0.2) is 0 Å². The highest BCUT2D eigenvalue weighted by Crippen LogP contribution is 2.24. The van der Waals surface area contributed by atoms with Crippen LogP contribution in [0.2, 0.25) is 0 Å². The normalized spacial score (nSPS) is 12.9. The maximum Gasteiger partial charge on any atom is 0.0766 e. The van der Waals surface area contributed by atoms with Gasteiger partial charge in [0.1, 0.15) is 0 Å². The molecule has 4 heteroatoms. The fourth-order valence-electron chi connectivity index (χ4n) is 2.32. The van der Waals surface area contributed by atoms with Crippen LogP contribution in [-0.2, 0) is 19.4 Å². The fraction of sp³-hybridized carbons (Fsp3) is 0.800. The van der Waals surface area contributed by atoms with Crippen LogP contribution in [0.3, 0.4) is 0 Å². The first kappa shape index (κ1) is 16.7. The predicted octanol–water partition coefficient (Wildman–Crippen LogP) is 3.94. The molecule has 0 aliphatic heterocycles. The summed E-state index contributed by atoms with van der Waals surface area (Å²) in [6.45, 7) is 10.9. The van der Waals surface area contributed by atoms with E-state index >= 15 is 0 Å². The minimum atomic E-state index is 0.613. The van der Waals surface area contributed by atoms with Crippen molar-refractivity contribution < 1.29 is 0 Å². The van der Waals surface area contributed by atoms with Gasteiger partial charge in [-0.1, -0.05) is 13.8 Å². The molecule has 0 radical (unpaired) electrons. The first-order valence-electron chi connectivity index (χ1n) is 7.61. The first-order valence-corrected chi connectivity index (χ1v) is 8.40. The Labute approximate surface area is 126 Å². The highest BCUT2D eigenvalue weighted by Gasteiger charge is 2.13. The van der Waals surface area contributed by atoms with Gasteiger partial charge in [0.2, 0.25) is 0 Å². The molecular formula is C15H28BrN3. The summed E-state index contributed by atoms with van der Waals surface area (Å²) in [6.07, 6.45) is 5.75. The predicted molar refractivity (Wildman–Crippen MR) is 85.7 cm³/mol. The van der Waals surface area contributed by atoms with E-state index in [2.05, 4.69) is 58.7 Å². The number of nitrogens with one attached hydrogen (secondary N) is 1. The van der Waals surface area contributed by atoms with E-state index in [0.29, 0.717) is 6.04 Å². The monoisotopic (exact) mass is 329 g/mol. The van der Waals surface area contributed by atoms with Crippen LogP contribution in [-0.4, -0.2) is 22.4 Å². The summed E-state index contributed by atoms with van der Waals surface area (Å²) in [7, 11) is 0. The van der Waals surface area contributed by atoms with E-state index in [1.807, 2.05) is 0 Å². The van der Waals surface area contributed by atoms with Crippen LogP contribution in [0.1, 0.15) is 58.3 Å². The number of aromatic nitrogens is 2. The van der Waals surface area contributed by atoms with E-state index in [4.69, 9.17) is 0 Å². The molecule has 1 aromatic rings. The van der Waals surface area contributed by atoms with Crippen LogP contribution in [0, 0.1) is 0 Å². The number of nitrogens with zero attached hydrogens (tertiary/aromatic N) is 2. The molecular weight excluding hydrogens is 302 g/mol. The van der Waals surface area contributed by atoms with Crippen molar-refractivity contribution in [3.05, 3.63) is 15.9 Å². The van der Waals surface area contributed by atoms with E-state index in [1.165, 1.54) is 35.1 Å². The van der Waals surface area contributed by atoms with Gasteiger partial charge in [0.25, 0.3) is 0 Å². The van der Waals surface area contributed by atoms with Crippen LogP contribution in [0.15, 0.2) is 4.47 Å². The Kier molecular flexibility index (Phi) is 7.69. The van der Waals surface area contributed by atoms with Gasteiger partial charge in [0, 0.05) is 12.6 Å². The molecule has 0 spiro atoms. The molecule has 0 bridgehead atoms. The SMILES string of the molecule is CCCNC(C)CCCc1c(Br)c(CC)nn1CC. The van der Waals surface area contributed by atoms with E-state index in [0.717, 1.165) is 25.9 Å². The van der Waals surface area contributed by atoms with Gasteiger partial charge in [0.05, 0.1) is 15.9 Å². The Hall–Kier alpha value is -0.350. The minimum Gasteiger partial charge on any atom is -0.314 e. The summed E-state index contributed by atoms with van der Waals surface area (Å²) in [5, 5.41) is 8.19. The number of hydrogen-bond acceptors (Lipinski definition) is 2. The first-order chi connectivity index (χ1) is 9.13. The summed E-state index contributed by atoms with van der Waals surface area (Å²) in [6, 6.07) is 0.613. The Morgan fingerprint density at radius 2 is 2.05 bits per heavy atom. The average Bonchev–Trinajstić information content (AvgIpc) is 2.73. The van der Waals surface area contributed by atoms with Crippen molar-refractivity contribution >= 4 is 15.9 Å². The highest BCUT2D eigenvalue weighted by molar-refractivity contribution is 9.10. The van der Waals surface area contributed by atoms with E-state index in [1.54, 1.807) is 0 Å². The van der Waals surface area contributed by atoms with Crippen LogP contribution in [0.25, 0.3) is 0 Å². The molecule has 1 N–H and O–H groups in total. The maximum atomic E-state index is 4.65. The van der Waals surface area contributed by atoms with Gasteiger partial charge < -0.3 is 5.32 Å². The molecule has 1 rings (SSSR count). The van der Waals surface area contributed by atoms with Gasteiger partial charge in [-0.15, -0.1) is 0 Å². The zero-order valence-corrected chi connectivity index (χ0v) is 14.4. The van der Waals surface area contributed by atoms with Crippen molar-refractivity contribution in [1.29, 1.82) is 0 Å². The zero-order chi connectivity index (χ0) is 14.3. The van der Waals surface area contributed by atoms with Crippen molar-refractivity contribution in [3.63, 3.8) is 0 Å². The molecule has 0 amide bonds. The van der Waals surface area contributed by atoms with Gasteiger partial charge in [-0.05, 0) is 68.4 Å². The minimum absolute atomic E-state index is 0.613. The molecule has 1 unspecified atom stereocenters. The second-order valence-electron chi connectivity index (χ2n) is 5.12. The number of rotatable bonds is 9. The second-order valence-corrected chi connectivity index (χ2v) is 5.92. The van der Waals surface area contributed by atoms with Crippen molar-refractivity contribution in [2.24, 2.45) is 0 Å². The third-order valence-electron chi connectivity index (χ3n) is 3.49. The second kappa shape index (κ2) is 8.75. The topological polar surface area (TPSA) is 29.9 Å². The van der Waals surface area contributed by atoms with E-state index < -0.39 is 0 Å². The maximum absolute atomic E-state index is 4.65. The molecule has 19 heavy (non-hydrogen) atoms. The summed E-state index contributed by atoms with van der Waals surface area (Å²) in [5.74, 6) is 0. The summed E-state index contributed by atoms with van der Waals surface area (Å²) in [5.41, 5.74) is 2.55. The van der Waals surface area contributed by atoms with Crippen LogP contribution < -0.4 is 5.32 Å². The summed E-state index contributed by atoms with van der Waals surface area (Å²) < 4.78 is 3.37. The lowest BCUT2D eigenvalue weighted by Gasteiger charge is -2.13. The number of aryl methyl sites for hydroxylation is 2. The van der Waals surface area contributed by atoms with E-state index in [-0.39, 0.29) is 0 Å². The molecule has 1 heterocycles. The zero-order valence-electron chi connectivity index (χ0n) is 12.8. The van der Waals surface area contributed by atoms with Gasteiger partial charge >= 0.3 is 0 Å². The largest absolute Gasteiger partial charge is 0.314 e. The lowest BCUT2D eigenvalue weighted by atomic mass is 10.1. The molecule has 0 aliphatic carbocycles. The molecule has 0 aliphatic rings. The lowest BCUT2D eigenvalue weighted by molar-refractivity contribution is 0.491. The summed E-state index contributed by atoms with van der Waals surface area (Å²) >= 11 is 3.71. The average molecular weight is 330 g/mol. The van der Waals surface area contributed by atoms with Crippen LogP contribution >= 0.6 is 15.9 Å². The summed E-state index contributed by atoms with van der Waals surface area (Å²) in [4.78, 5) is 0. The molecule has 0 fully saturated rings. The standard InChI is InChI=1S/C15H28BrN3/c1-5-11-17-12(4)9-8-10-14-15(16)13(6-2)18-19(14)7-3/h12,17H,5-11H2,1-4H3. The number of halogens is 1. The van der Waals surface area contributed by atoms with Gasteiger partial charge in [-0.2, -0.15) is 5.10 Å². The van der Waals surface area contributed by atoms with Gasteiger partial charge in [-0.3, -0.25) is 4.68 Å². The van der Waals surface area contributed by atoms with Crippen LogP contribution in [0.4, 0.5) is 0 Å². The third kappa shape index (κ3) is 4.92. The molecule has 0 aromatic carbocycles. The third-order valence-corrected chi connectivity index (χ3v) is 4.40. The molecule has 1 aromatic heterocycles. The Morgan fingerprint density at radius 3 is 2.63 bits per heavy atom. The van der Waals surface area contributed by atoms with Crippen molar-refractivity contribution in [2.75, 3.05) is 6.54 Å². The Bertz CT molecular complexity index is 374. The molecule has 110 valence electrons. The Morgan fingerprint density at radius 1 is 1.32 bits per heavy atom. The van der Waals surface area contributed by atoms with Gasteiger partial charge in [-0.25, -0.2) is 0 Å². The lowest BCUT2D eigenvalue weighted by Crippen LogP contribution is -2.26. The molecule has 1 atom stereocenters. The Balaban J connectivity index is 2.50. The van der Waals surface area contributed by atoms with Crippen molar-refractivity contribution in [2.45, 2.75) is 72.4 Å². The molecule has 0 saturated carbocycles. The van der Waals surface area contributed by atoms with Crippen molar-refractivity contribution in [1.82, 2.24) is 15.1 Å². The van der Waals surface area contributed by atoms with Crippen LogP contribution in [0.5, 0.6) is 0 Å². The molecule has 3 nitrogen and oxygen atoms in total. The quantitative estimate of drug-likeness (QED) is 0.743. The fourth-order valence-corrected chi connectivity index (χ4v) is 3.09. The van der Waals surface area contributed by atoms with Crippen molar-refractivity contribution in [3.8, 4) is 0 Å². The molecule has 0 saturated heterocycles. The number of hydrogen-bond donors (Lipinski definition) is 1. The smallest absolute Gasteiger partial charge is 0.0766 e. The highest BCUT2D eigenvalue weighted by atomic mass is 79.9. The van der Waals surface area contributed by atoms with E-state index in [9.17, 15) is 0 Å².